The Hall–Kier alpha value is -0.380. The molecule has 1 aliphatic heterocycles. The molecular formula is C10H19NO2. The van der Waals surface area contributed by atoms with Crippen LogP contribution in [0.25, 0.3) is 0 Å². The zero-order valence-electron chi connectivity index (χ0n) is 8.09. The molecule has 0 aromatic carbocycles. The van der Waals surface area contributed by atoms with Gasteiger partial charge in [0.15, 0.2) is 0 Å². The van der Waals surface area contributed by atoms with Crippen LogP contribution in [0.2, 0.25) is 0 Å². The van der Waals surface area contributed by atoms with Gasteiger partial charge in [-0.25, -0.2) is 0 Å². The fourth-order valence-corrected chi connectivity index (χ4v) is 1.36. The number of aliphatic hydroxyl groups is 1. The van der Waals surface area contributed by atoms with Crippen molar-refractivity contribution < 1.29 is 9.84 Å². The third kappa shape index (κ3) is 3.10. The van der Waals surface area contributed by atoms with Crippen molar-refractivity contribution >= 4 is 0 Å². The van der Waals surface area contributed by atoms with Gasteiger partial charge < -0.3 is 15.2 Å². The second-order valence-corrected chi connectivity index (χ2v) is 3.76. The van der Waals surface area contributed by atoms with Gasteiger partial charge in [0, 0.05) is 6.54 Å². The van der Waals surface area contributed by atoms with E-state index in [0.29, 0.717) is 13.2 Å². The van der Waals surface area contributed by atoms with Crippen LogP contribution >= 0.6 is 0 Å². The zero-order valence-corrected chi connectivity index (χ0v) is 8.09. The van der Waals surface area contributed by atoms with Crippen LogP contribution in [0.5, 0.6) is 0 Å². The van der Waals surface area contributed by atoms with Crippen molar-refractivity contribution in [3.8, 4) is 0 Å². The molecule has 0 bridgehead atoms. The first-order valence-corrected chi connectivity index (χ1v) is 4.83. The number of hydrogen-bond donors (Lipinski definition) is 2. The molecule has 3 nitrogen and oxygen atoms in total. The molecule has 1 rings (SSSR count). The lowest BCUT2D eigenvalue weighted by molar-refractivity contribution is -0.134. The second kappa shape index (κ2) is 5.37. The second-order valence-electron chi connectivity index (χ2n) is 3.76. The van der Waals surface area contributed by atoms with Crippen LogP contribution in [0.15, 0.2) is 12.7 Å². The molecule has 0 radical (unpaired) electrons. The summed E-state index contributed by atoms with van der Waals surface area (Å²) < 4.78 is 5.09. The smallest absolute Gasteiger partial charge is 0.0579 e. The van der Waals surface area contributed by atoms with Crippen LogP contribution in [-0.2, 0) is 4.74 Å². The first-order chi connectivity index (χ1) is 6.33. The maximum absolute atomic E-state index is 9.10. The minimum absolute atomic E-state index is 0.00811. The summed E-state index contributed by atoms with van der Waals surface area (Å²) in [6.07, 6.45) is 4.09. The van der Waals surface area contributed by atoms with E-state index in [0.717, 1.165) is 25.9 Å². The molecule has 0 saturated carbocycles. The highest BCUT2D eigenvalue weighted by atomic mass is 16.5. The quantitative estimate of drug-likeness (QED) is 0.449. The average molecular weight is 185 g/mol. The highest BCUT2D eigenvalue weighted by Gasteiger charge is 2.37. The standard InChI is InChI=1S/C10H19NO2/c1-2-3-4-5-11-6-10(7-12)8-13-9-10/h2,11-12H,1,3-9H2. The molecular weight excluding hydrogens is 166 g/mol. The zero-order chi connectivity index (χ0) is 9.57. The Morgan fingerprint density at radius 2 is 2.31 bits per heavy atom. The van der Waals surface area contributed by atoms with Gasteiger partial charge in [-0.15, -0.1) is 6.58 Å². The minimum Gasteiger partial charge on any atom is -0.396 e. The molecule has 0 unspecified atom stereocenters. The average Bonchev–Trinajstić information content (AvgIpc) is 2.09. The van der Waals surface area contributed by atoms with Crippen LogP contribution in [0, 0.1) is 5.41 Å². The Labute approximate surface area is 79.8 Å². The minimum atomic E-state index is 0.00811. The molecule has 0 spiro atoms. The van der Waals surface area contributed by atoms with Crippen molar-refractivity contribution in [2.75, 3.05) is 32.9 Å². The van der Waals surface area contributed by atoms with Crippen molar-refractivity contribution in [2.24, 2.45) is 5.41 Å². The van der Waals surface area contributed by atoms with Gasteiger partial charge in [0.2, 0.25) is 0 Å². The summed E-state index contributed by atoms with van der Waals surface area (Å²) in [5, 5.41) is 12.4. The summed E-state index contributed by atoms with van der Waals surface area (Å²) in [6.45, 7) is 7.13. The van der Waals surface area contributed by atoms with E-state index < -0.39 is 0 Å². The Morgan fingerprint density at radius 3 is 2.77 bits per heavy atom. The van der Waals surface area contributed by atoms with E-state index >= 15 is 0 Å². The Morgan fingerprint density at radius 1 is 1.54 bits per heavy atom. The van der Waals surface area contributed by atoms with Gasteiger partial charge in [0.1, 0.15) is 0 Å². The number of aliphatic hydroxyl groups excluding tert-OH is 1. The SMILES string of the molecule is C=CCCCNCC1(CO)COC1. The molecule has 2 N–H and O–H groups in total. The highest BCUT2D eigenvalue weighted by molar-refractivity contribution is 4.87. The molecule has 0 aromatic rings. The van der Waals surface area contributed by atoms with E-state index in [1.807, 2.05) is 6.08 Å². The number of ether oxygens (including phenoxy) is 1. The Bertz CT molecular complexity index is 149. The fourth-order valence-electron chi connectivity index (χ4n) is 1.36. The van der Waals surface area contributed by atoms with Gasteiger partial charge in [-0.3, -0.25) is 0 Å². The van der Waals surface area contributed by atoms with Gasteiger partial charge in [-0.1, -0.05) is 6.08 Å². The third-order valence-electron chi connectivity index (χ3n) is 2.41. The van der Waals surface area contributed by atoms with Crippen molar-refractivity contribution in [1.82, 2.24) is 5.32 Å². The number of hydrogen-bond acceptors (Lipinski definition) is 3. The largest absolute Gasteiger partial charge is 0.396 e. The Balaban J connectivity index is 2.00. The molecule has 3 heteroatoms. The van der Waals surface area contributed by atoms with Gasteiger partial charge in [-0.2, -0.15) is 0 Å². The van der Waals surface area contributed by atoms with E-state index in [-0.39, 0.29) is 12.0 Å². The molecule has 0 atom stereocenters. The molecule has 0 aliphatic carbocycles. The van der Waals surface area contributed by atoms with Crippen molar-refractivity contribution in [3.63, 3.8) is 0 Å². The summed E-state index contributed by atoms with van der Waals surface area (Å²) >= 11 is 0. The molecule has 1 aliphatic rings. The van der Waals surface area contributed by atoms with E-state index in [9.17, 15) is 0 Å². The van der Waals surface area contributed by atoms with Crippen molar-refractivity contribution in [3.05, 3.63) is 12.7 Å². The van der Waals surface area contributed by atoms with Crippen LogP contribution in [0.4, 0.5) is 0 Å². The van der Waals surface area contributed by atoms with Crippen LogP contribution in [0.3, 0.4) is 0 Å². The number of nitrogens with one attached hydrogen (secondary N) is 1. The normalized spacial score (nSPS) is 19.5. The van der Waals surface area contributed by atoms with E-state index in [2.05, 4.69) is 11.9 Å². The number of unbranched alkanes of at least 4 members (excludes halogenated alkanes) is 1. The first kappa shape index (κ1) is 10.7. The van der Waals surface area contributed by atoms with E-state index in [1.54, 1.807) is 0 Å². The molecule has 13 heavy (non-hydrogen) atoms. The monoisotopic (exact) mass is 185 g/mol. The fraction of sp³-hybridized carbons (Fsp3) is 0.800. The summed E-state index contributed by atoms with van der Waals surface area (Å²) in [4.78, 5) is 0. The first-order valence-electron chi connectivity index (χ1n) is 4.83. The third-order valence-corrected chi connectivity index (χ3v) is 2.41. The topological polar surface area (TPSA) is 41.5 Å². The maximum Gasteiger partial charge on any atom is 0.0579 e. The van der Waals surface area contributed by atoms with Crippen molar-refractivity contribution in [1.29, 1.82) is 0 Å². The molecule has 0 aromatic heterocycles. The maximum atomic E-state index is 9.10. The highest BCUT2D eigenvalue weighted by Crippen LogP contribution is 2.25. The lowest BCUT2D eigenvalue weighted by Gasteiger charge is -2.40. The number of rotatable bonds is 7. The predicted octanol–water partition coefficient (Wildman–Crippen LogP) is 0.551. The van der Waals surface area contributed by atoms with Gasteiger partial charge in [0.25, 0.3) is 0 Å². The molecule has 1 heterocycles. The van der Waals surface area contributed by atoms with Crippen LogP contribution in [0.1, 0.15) is 12.8 Å². The van der Waals surface area contributed by atoms with Crippen molar-refractivity contribution in [2.45, 2.75) is 12.8 Å². The molecule has 76 valence electrons. The Kier molecular flexibility index (Phi) is 4.42. The lowest BCUT2D eigenvalue weighted by Crippen LogP contribution is -2.52. The lowest BCUT2D eigenvalue weighted by atomic mass is 9.87. The van der Waals surface area contributed by atoms with Crippen LogP contribution < -0.4 is 5.32 Å². The van der Waals surface area contributed by atoms with Gasteiger partial charge in [0.05, 0.1) is 25.2 Å². The van der Waals surface area contributed by atoms with E-state index in [4.69, 9.17) is 9.84 Å². The summed E-state index contributed by atoms with van der Waals surface area (Å²) in [7, 11) is 0. The molecule has 0 amide bonds. The van der Waals surface area contributed by atoms with Crippen LogP contribution in [-0.4, -0.2) is 38.0 Å². The van der Waals surface area contributed by atoms with Gasteiger partial charge in [-0.05, 0) is 19.4 Å². The number of allylic oxidation sites excluding steroid dienone is 1. The summed E-state index contributed by atoms with van der Waals surface area (Å²) in [5.74, 6) is 0. The molecule has 1 fully saturated rings. The van der Waals surface area contributed by atoms with E-state index in [1.165, 1.54) is 0 Å². The van der Waals surface area contributed by atoms with Gasteiger partial charge >= 0.3 is 0 Å². The predicted molar refractivity (Wildman–Crippen MR) is 52.6 cm³/mol. The molecule has 1 saturated heterocycles. The summed E-state index contributed by atoms with van der Waals surface area (Å²) in [5.41, 5.74) is 0.00811. The summed E-state index contributed by atoms with van der Waals surface area (Å²) in [6, 6.07) is 0.